The molecule has 0 radical (unpaired) electrons. The lowest BCUT2D eigenvalue weighted by Crippen LogP contribution is -2.11. The summed E-state index contributed by atoms with van der Waals surface area (Å²) in [4.78, 5) is 2.35. The second-order valence-electron chi connectivity index (χ2n) is 14.8. The number of para-hydroxylation sites is 3. The minimum Gasteiger partial charge on any atom is -0.456 e. The molecule has 0 spiro atoms. The number of hydrogen-bond donors (Lipinski definition) is 0. The van der Waals surface area contributed by atoms with Crippen molar-refractivity contribution in [3.63, 3.8) is 0 Å². The summed E-state index contributed by atoms with van der Waals surface area (Å²) >= 11 is 0. The third kappa shape index (κ3) is 4.92. The molecule has 57 heavy (non-hydrogen) atoms. The Morgan fingerprint density at radius 1 is 0.298 bits per heavy atom. The van der Waals surface area contributed by atoms with E-state index in [0.717, 1.165) is 77.5 Å². The van der Waals surface area contributed by atoms with Crippen LogP contribution in [0.2, 0.25) is 0 Å². The highest BCUT2D eigenvalue weighted by molar-refractivity contribution is 6.18. The Hall–Kier alpha value is -7.62. The largest absolute Gasteiger partial charge is 0.456 e. The Morgan fingerprint density at radius 3 is 1.79 bits per heavy atom. The molecule has 0 unspecified atom stereocenters. The normalized spacial score (nSPS) is 11.9. The molecule has 266 valence electrons. The highest BCUT2D eigenvalue weighted by Gasteiger charge is 2.22. The predicted octanol–water partition coefficient (Wildman–Crippen LogP) is 15.7. The molecule has 0 amide bonds. The second kappa shape index (κ2) is 12.5. The Balaban J connectivity index is 1.07. The van der Waals surface area contributed by atoms with Crippen molar-refractivity contribution in [2.24, 2.45) is 0 Å². The molecule has 3 heteroatoms. The van der Waals surface area contributed by atoms with Crippen LogP contribution in [-0.4, -0.2) is 0 Å². The molecular weight excluding hydrogens is 695 g/mol. The summed E-state index contributed by atoms with van der Waals surface area (Å²) in [5.74, 6) is 0. The van der Waals surface area contributed by atoms with Gasteiger partial charge in [0.1, 0.15) is 22.3 Å². The van der Waals surface area contributed by atoms with E-state index >= 15 is 0 Å². The van der Waals surface area contributed by atoms with Crippen LogP contribution >= 0.6 is 0 Å². The molecule has 0 aliphatic heterocycles. The van der Waals surface area contributed by atoms with E-state index in [2.05, 4.69) is 193 Å². The van der Waals surface area contributed by atoms with Crippen molar-refractivity contribution in [3.05, 3.63) is 200 Å². The number of anilines is 3. The fourth-order valence-corrected chi connectivity index (χ4v) is 9.00. The van der Waals surface area contributed by atoms with Crippen LogP contribution in [0.3, 0.4) is 0 Å². The van der Waals surface area contributed by atoms with Crippen molar-refractivity contribution in [1.29, 1.82) is 0 Å². The highest BCUT2D eigenvalue weighted by atomic mass is 16.3. The summed E-state index contributed by atoms with van der Waals surface area (Å²) < 4.78 is 13.4. The number of fused-ring (bicyclic) bond motifs is 11. The fourth-order valence-electron chi connectivity index (χ4n) is 9.00. The number of hydrogen-bond acceptors (Lipinski definition) is 3. The number of furan rings is 2. The Morgan fingerprint density at radius 2 is 0.912 bits per heavy atom. The zero-order chi connectivity index (χ0) is 37.5. The maximum Gasteiger partial charge on any atom is 0.143 e. The maximum absolute atomic E-state index is 6.89. The molecule has 0 bridgehead atoms. The number of nitrogens with zero attached hydrogens (tertiary/aromatic N) is 1. The molecule has 3 nitrogen and oxygen atoms in total. The van der Waals surface area contributed by atoms with Crippen molar-refractivity contribution in [2.75, 3.05) is 4.90 Å². The van der Waals surface area contributed by atoms with Gasteiger partial charge in [0, 0.05) is 55.5 Å². The zero-order valence-electron chi connectivity index (χ0n) is 30.8. The Kier molecular flexibility index (Phi) is 6.93. The number of rotatable bonds is 5. The first-order valence-corrected chi connectivity index (χ1v) is 19.4. The monoisotopic (exact) mass is 727 g/mol. The second-order valence-corrected chi connectivity index (χ2v) is 14.8. The summed E-state index contributed by atoms with van der Waals surface area (Å²) in [6, 6.07) is 71.5. The van der Waals surface area contributed by atoms with Crippen LogP contribution < -0.4 is 4.90 Å². The van der Waals surface area contributed by atoms with Crippen LogP contribution in [0.4, 0.5) is 17.1 Å². The van der Waals surface area contributed by atoms with Crippen LogP contribution in [-0.2, 0) is 0 Å². The fraction of sp³-hybridized carbons (Fsp3) is 0. The molecule has 0 saturated carbocycles. The van der Waals surface area contributed by atoms with E-state index in [4.69, 9.17) is 8.83 Å². The average Bonchev–Trinajstić information content (AvgIpc) is 3.85. The van der Waals surface area contributed by atoms with Gasteiger partial charge >= 0.3 is 0 Å². The van der Waals surface area contributed by atoms with Crippen molar-refractivity contribution in [3.8, 4) is 22.3 Å². The summed E-state index contributed by atoms with van der Waals surface area (Å²) in [5, 5.41) is 11.7. The maximum atomic E-state index is 6.89. The van der Waals surface area contributed by atoms with E-state index in [-0.39, 0.29) is 0 Å². The molecule has 0 saturated heterocycles. The zero-order valence-corrected chi connectivity index (χ0v) is 30.8. The lowest BCUT2D eigenvalue weighted by atomic mass is 9.93. The van der Waals surface area contributed by atoms with Crippen LogP contribution in [0.5, 0.6) is 0 Å². The van der Waals surface area contributed by atoms with Gasteiger partial charge in [0.25, 0.3) is 0 Å². The van der Waals surface area contributed by atoms with Gasteiger partial charge in [0.15, 0.2) is 0 Å². The minimum absolute atomic E-state index is 0.849. The van der Waals surface area contributed by atoms with E-state index in [0.29, 0.717) is 0 Å². The van der Waals surface area contributed by atoms with Crippen molar-refractivity contribution in [1.82, 2.24) is 0 Å². The van der Waals surface area contributed by atoms with E-state index in [9.17, 15) is 0 Å². The highest BCUT2D eigenvalue weighted by Crippen LogP contribution is 2.46. The molecule has 2 heterocycles. The predicted molar refractivity (Wildman–Crippen MR) is 239 cm³/mol. The molecule has 12 aromatic rings. The molecule has 0 aliphatic carbocycles. The molecule has 0 fully saturated rings. The van der Waals surface area contributed by atoms with Gasteiger partial charge < -0.3 is 13.7 Å². The van der Waals surface area contributed by atoms with Crippen molar-refractivity contribution >= 4 is 93.3 Å². The summed E-state index contributed by atoms with van der Waals surface area (Å²) in [7, 11) is 0. The molecule has 0 atom stereocenters. The Labute approximate surface area is 328 Å². The average molecular weight is 728 g/mol. The van der Waals surface area contributed by atoms with E-state index < -0.39 is 0 Å². The molecule has 12 rings (SSSR count). The minimum atomic E-state index is 0.849. The standard InChI is InChI=1S/C54H33NO2/c1-4-15-40-34(12-1)26-30-48-47-21-11-20-46(54(47)57-53(40)48)43-18-7-9-22-50(43)55(38-29-31-45-44-19-8-10-23-51(44)56-52(45)33-38)37-27-24-35(25-28-37)49-32-36-13-2-3-14-39(36)41-16-5-6-17-42(41)49/h1-33H. The van der Waals surface area contributed by atoms with E-state index in [1.165, 1.54) is 38.1 Å². The van der Waals surface area contributed by atoms with Crippen LogP contribution in [0, 0.1) is 0 Å². The van der Waals surface area contributed by atoms with Crippen LogP contribution in [0.15, 0.2) is 209 Å². The molecule has 10 aromatic carbocycles. The molecule has 0 N–H and O–H groups in total. The molecule has 0 aliphatic rings. The van der Waals surface area contributed by atoms with Crippen molar-refractivity contribution < 1.29 is 8.83 Å². The van der Waals surface area contributed by atoms with Gasteiger partial charge in [0.2, 0.25) is 0 Å². The molecule has 2 aromatic heterocycles. The lowest BCUT2D eigenvalue weighted by molar-refractivity contribution is 0.669. The van der Waals surface area contributed by atoms with E-state index in [1.807, 2.05) is 12.1 Å². The third-order valence-electron chi connectivity index (χ3n) is 11.6. The first-order chi connectivity index (χ1) is 28.3. The van der Waals surface area contributed by atoms with Gasteiger partial charge in [-0.3, -0.25) is 0 Å². The third-order valence-corrected chi connectivity index (χ3v) is 11.6. The SMILES string of the molecule is c1ccc(N(c2ccc(-c3cc4ccccc4c4ccccc34)cc2)c2ccc3c(c2)oc2ccccc23)c(-c2cccc3c2oc2c4ccccc4ccc32)c1. The van der Waals surface area contributed by atoms with Gasteiger partial charge in [-0.25, -0.2) is 0 Å². The van der Waals surface area contributed by atoms with Gasteiger partial charge in [-0.1, -0.05) is 146 Å². The van der Waals surface area contributed by atoms with Gasteiger partial charge in [-0.15, -0.1) is 0 Å². The summed E-state index contributed by atoms with van der Waals surface area (Å²) in [6.07, 6.45) is 0. The topological polar surface area (TPSA) is 29.5 Å². The first-order valence-electron chi connectivity index (χ1n) is 19.4. The van der Waals surface area contributed by atoms with Gasteiger partial charge in [-0.05, 0) is 86.6 Å². The molecular formula is C54H33NO2. The summed E-state index contributed by atoms with van der Waals surface area (Å²) in [6.45, 7) is 0. The van der Waals surface area contributed by atoms with E-state index in [1.54, 1.807) is 0 Å². The first kappa shape index (κ1) is 31.7. The van der Waals surface area contributed by atoms with Crippen LogP contribution in [0.25, 0.3) is 98.4 Å². The number of benzene rings is 10. The van der Waals surface area contributed by atoms with Gasteiger partial charge in [-0.2, -0.15) is 0 Å². The Bertz CT molecular complexity index is 3530. The lowest BCUT2D eigenvalue weighted by Gasteiger charge is -2.28. The van der Waals surface area contributed by atoms with Crippen molar-refractivity contribution in [2.45, 2.75) is 0 Å². The quantitative estimate of drug-likeness (QED) is 0.165. The van der Waals surface area contributed by atoms with Crippen LogP contribution in [0.1, 0.15) is 0 Å². The smallest absolute Gasteiger partial charge is 0.143 e. The summed E-state index contributed by atoms with van der Waals surface area (Å²) in [5.41, 5.74) is 11.1. The van der Waals surface area contributed by atoms with Gasteiger partial charge in [0.05, 0.1) is 5.69 Å².